The summed E-state index contributed by atoms with van der Waals surface area (Å²) >= 11 is 0. The van der Waals surface area contributed by atoms with Gasteiger partial charge >= 0.3 is 0 Å². The number of hydrogen-bond donors (Lipinski definition) is 1. The van der Waals surface area contributed by atoms with E-state index in [4.69, 9.17) is 10.00 Å². The number of benzene rings is 1. The monoisotopic (exact) mass is 263 g/mol. The van der Waals surface area contributed by atoms with Gasteiger partial charge in [0.1, 0.15) is 11.6 Å². The first kappa shape index (κ1) is 14.9. The highest BCUT2D eigenvalue weighted by Crippen LogP contribution is 2.21. The van der Waals surface area contributed by atoms with Gasteiger partial charge in [0.2, 0.25) is 0 Å². The summed E-state index contributed by atoms with van der Waals surface area (Å²) in [7, 11) is 0. The van der Waals surface area contributed by atoms with Crippen molar-refractivity contribution in [2.45, 2.75) is 19.8 Å². The molecule has 1 aromatic rings. The Morgan fingerprint density at radius 2 is 2.26 bits per heavy atom. The van der Waals surface area contributed by atoms with Crippen molar-refractivity contribution in [1.82, 2.24) is 0 Å². The van der Waals surface area contributed by atoms with Gasteiger partial charge in [-0.25, -0.2) is 0 Å². The average Bonchev–Trinajstić information content (AvgIpc) is 2.42. The van der Waals surface area contributed by atoms with Crippen LogP contribution in [0.4, 0.5) is 11.4 Å². The summed E-state index contributed by atoms with van der Waals surface area (Å²) in [5, 5.41) is 22.6. The van der Waals surface area contributed by atoms with Gasteiger partial charge in [-0.3, -0.25) is 10.1 Å². The van der Waals surface area contributed by atoms with Crippen LogP contribution in [0.25, 0.3) is 0 Å². The van der Waals surface area contributed by atoms with Crippen molar-refractivity contribution >= 4 is 11.4 Å². The second kappa shape index (κ2) is 8.06. The molecule has 1 aromatic carbocycles. The Balaban J connectivity index is 2.47. The van der Waals surface area contributed by atoms with Gasteiger partial charge in [0.25, 0.3) is 5.69 Å². The molecule has 0 heterocycles. The van der Waals surface area contributed by atoms with Gasteiger partial charge in [0.15, 0.2) is 0 Å². The molecule has 0 aliphatic heterocycles. The quantitative estimate of drug-likeness (QED) is 0.442. The first-order valence-corrected chi connectivity index (χ1v) is 6.19. The van der Waals surface area contributed by atoms with E-state index in [2.05, 4.69) is 12.2 Å². The molecular weight excluding hydrogens is 246 g/mol. The highest BCUT2D eigenvalue weighted by atomic mass is 16.6. The summed E-state index contributed by atoms with van der Waals surface area (Å²) in [5.41, 5.74) is 0.565. The molecular formula is C13H17N3O3. The molecule has 0 aliphatic rings. The van der Waals surface area contributed by atoms with Crippen molar-refractivity contribution in [3.63, 3.8) is 0 Å². The van der Waals surface area contributed by atoms with Crippen LogP contribution in [0.1, 0.15) is 25.3 Å². The van der Waals surface area contributed by atoms with Crippen molar-refractivity contribution < 1.29 is 9.66 Å². The minimum atomic E-state index is -0.559. The maximum absolute atomic E-state index is 10.7. The fourth-order valence-corrected chi connectivity index (χ4v) is 1.51. The number of nitrogens with zero attached hydrogens (tertiary/aromatic N) is 2. The third-order valence-corrected chi connectivity index (χ3v) is 2.53. The van der Waals surface area contributed by atoms with Crippen LogP contribution in [0, 0.1) is 21.4 Å². The zero-order valence-electron chi connectivity index (χ0n) is 10.9. The summed E-state index contributed by atoms with van der Waals surface area (Å²) in [6.07, 6.45) is 2.14. The van der Waals surface area contributed by atoms with E-state index in [-0.39, 0.29) is 11.3 Å². The minimum Gasteiger partial charge on any atom is -0.383 e. The molecule has 19 heavy (non-hydrogen) atoms. The molecule has 0 fully saturated rings. The van der Waals surface area contributed by atoms with Crippen molar-refractivity contribution in [2.24, 2.45) is 0 Å². The topological polar surface area (TPSA) is 88.2 Å². The second-order valence-electron chi connectivity index (χ2n) is 3.99. The lowest BCUT2D eigenvalue weighted by Gasteiger charge is -2.07. The van der Waals surface area contributed by atoms with E-state index in [1.807, 2.05) is 6.07 Å². The second-order valence-corrected chi connectivity index (χ2v) is 3.99. The fraction of sp³-hybridized carbons (Fsp3) is 0.462. The van der Waals surface area contributed by atoms with Gasteiger partial charge in [-0.15, -0.1) is 0 Å². The predicted molar refractivity (Wildman–Crippen MR) is 72.0 cm³/mol. The molecule has 1 N–H and O–H groups in total. The van der Waals surface area contributed by atoms with Gasteiger partial charge in [-0.05, 0) is 18.6 Å². The van der Waals surface area contributed by atoms with E-state index in [9.17, 15) is 10.1 Å². The van der Waals surface area contributed by atoms with Crippen molar-refractivity contribution in [1.29, 1.82) is 5.26 Å². The van der Waals surface area contributed by atoms with Crippen LogP contribution in [-0.2, 0) is 4.74 Å². The molecule has 0 radical (unpaired) electrons. The highest BCUT2D eigenvalue weighted by molar-refractivity contribution is 5.58. The Morgan fingerprint density at radius 3 is 2.89 bits per heavy atom. The van der Waals surface area contributed by atoms with Crippen LogP contribution in [-0.4, -0.2) is 24.7 Å². The molecule has 102 valence electrons. The summed E-state index contributed by atoms with van der Waals surface area (Å²) in [5.74, 6) is 0. The fourth-order valence-electron chi connectivity index (χ4n) is 1.51. The van der Waals surface area contributed by atoms with E-state index in [1.54, 1.807) is 6.07 Å². The maximum Gasteiger partial charge on any atom is 0.287 e. The van der Waals surface area contributed by atoms with Crippen molar-refractivity contribution in [3.8, 4) is 6.07 Å². The smallest absolute Gasteiger partial charge is 0.287 e. The molecule has 0 saturated carbocycles. The molecule has 0 aromatic heterocycles. The van der Waals surface area contributed by atoms with Crippen LogP contribution in [0.15, 0.2) is 18.2 Å². The van der Waals surface area contributed by atoms with E-state index < -0.39 is 4.92 Å². The first-order valence-electron chi connectivity index (χ1n) is 6.19. The molecule has 0 bridgehead atoms. The zero-order valence-corrected chi connectivity index (χ0v) is 10.9. The minimum absolute atomic E-state index is 0.0573. The molecule has 0 spiro atoms. The van der Waals surface area contributed by atoms with Crippen LogP contribution in [0.3, 0.4) is 0 Å². The van der Waals surface area contributed by atoms with E-state index >= 15 is 0 Å². The Hall–Kier alpha value is -2.13. The van der Waals surface area contributed by atoms with Crippen LogP contribution < -0.4 is 5.32 Å². The average molecular weight is 263 g/mol. The van der Waals surface area contributed by atoms with Gasteiger partial charge in [0, 0.05) is 24.9 Å². The first-order chi connectivity index (χ1) is 9.19. The predicted octanol–water partition coefficient (Wildman–Crippen LogP) is 2.70. The number of nitrogens with one attached hydrogen (secondary N) is 1. The van der Waals surface area contributed by atoms with Crippen molar-refractivity contribution in [2.75, 3.05) is 25.1 Å². The summed E-state index contributed by atoms with van der Waals surface area (Å²) in [6, 6.07) is 6.22. The van der Waals surface area contributed by atoms with E-state index in [0.717, 1.165) is 19.4 Å². The number of nitro benzene ring substituents is 1. The number of ether oxygens (including phenoxy) is 1. The zero-order chi connectivity index (χ0) is 14.1. The summed E-state index contributed by atoms with van der Waals surface area (Å²) in [4.78, 5) is 10.1. The summed E-state index contributed by atoms with van der Waals surface area (Å²) in [6.45, 7) is 4.01. The molecule has 0 saturated heterocycles. The molecule has 0 unspecified atom stereocenters. The third-order valence-electron chi connectivity index (χ3n) is 2.53. The largest absolute Gasteiger partial charge is 0.383 e. The Kier molecular flexibility index (Phi) is 6.33. The normalized spacial score (nSPS) is 9.89. The number of unbranched alkanes of at least 4 members (excludes halogenated alkanes) is 1. The highest BCUT2D eigenvalue weighted by Gasteiger charge is 2.13. The van der Waals surface area contributed by atoms with Gasteiger partial charge < -0.3 is 10.1 Å². The number of anilines is 1. The van der Waals surface area contributed by atoms with E-state index in [1.165, 1.54) is 12.1 Å². The Labute approximate surface area is 112 Å². The van der Waals surface area contributed by atoms with Gasteiger partial charge in [0.05, 0.1) is 11.5 Å². The maximum atomic E-state index is 10.7. The lowest BCUT2D eigenvalue weighted by Crippen LogP contribution is -2.10. The molecule has 6 heteroatoms. The molecule has 0 aliphatic carbocycles. The van der Waals surface area contributed by atoms with Crippen molar-refractivity contribution in [3.05, 3.63) is 33.9 Å². The lowest BCUT2D eigenvalue weighted by atomic mass is 10.2. The van der Waals surface area contributed by atoms with Crippen LogP contribution in [0.2, 0.25) is 0 Å². The number of hydrogen-bond acceptors (Lipinski definition) is 5. The number of nitriles is 1. The van der Waals surface area contributed by atoms with E-state index in [0.29, 0.717) is 18.8 Å². The van der Waals surface area contributed by atoms with Gasteiger partial charge in [-0.1, -0.05) is 13.3 Å². The Morgan fingerprint density at radius 1 is 1.47 bits per heavy atom. The lowest BCUT2D eigenvalue weighted by molar-refractivity contribution is -0.385. The molecule has 0 atom stereocenters. The standard InChI is InChI=1S/C13H17N3O3/c1-2-3-7-19-8-6-15-12-4-5-13(16(17)18)11(9-12)10-14/h4-5,9,15H,2-3,6-8H2,1H3. The summed E-state index contributed by atoms with van der Waals surface area (Å²) < 4.78 is 5.38. The number of rotatable bonds is 8. The van der Waals surface area contributed by atoms with Crippen LogP contribution in [0.5, 0.6) is 0 Å². The molecule has 0 amide bonds. The number of nitro groups is 1. The molecule has 1 rings (SSSR count). The SMILES string of the molecule is CCCCOCCNc1ccc([N+](=O)[O-])c(C#N)c1. The Bertz CT molecular complexity index is 469. The molecule has 6 nitrogen and oxygen atoms in total. The third kappa shape index (κ3) is 4.94. The van der Waals surface area contributed by atoms with Crippen LogP contribution >= 0.6 is 0 Å². The van der Waals surface area contributed by atoms with Gasteiger partial charge in [-0.2, -0.15) is 5.26 Å².